The van der Waals surface area contributed by atoms with Crippen molar-refractivity contribution in [2.24, 2.45) is 24.8 Å². The van der Waals surface area contributed by atoms with Gasteiger partial charge in [-0.25, -0.2) is 4.98 Å². The van der Waals surface area contributed by atoms with Crippen molar-refractivity contribution in [3.8, 4) is 0 Å². The molecule has 2 N–H and O–H groups in total. The number of rotatable bonds is 1. The summed E-state index contributed by atoms with van der Waals surface area (Å²) in [5.74, 6) is 2.94. The van der Waals surface area contributed by atoms with E-state index in [1.54, 1.807) is 13.1 Å². The van der Waals surface area contributed by atoms with E-state index in [0.717, 1.165) is 23.4 Å². The maximum atomic E-state index is 12.0. The van der Waals surface area contributed by atoms with Crippen molar-refractivity contribution in [2.75, 3.05) is 5.73 Å². The van der Waals surface area contributed by atoms with E-state index in [9.17, 15) is 4.79 Å². The van der Waals surface area contributed by atoms with Crippen LogP contribution in [-0.2, 0) is 12.5 Å². The molecule has 4 fully saturated rings. The molecule has 1 aromatic heterocycles. The standard InChI is InChI=1S/C15H21N3O/c1-18-13(19)5-12(17-14(18)16)15-6-9-2-10(7-15)4-11(3-9)8-15/h5,9-11H,2-4,6-8H2,1H3,(H2,16,17). The Morgan fingerprint density at radius 3 is 2.21 bits per heavy atom. The number of nitrogen functional groups attached to an aromatic ring is 1. The Bertz CT molecular complexity index is 554. The second-order valence-electron chi connectivity index (χ2n) is 7.09. The van der Waals surface area contributed by atoms with Gasteiger partial charge in [-0.3, -0.25) is 9.36 Å². The van der Waals surface area contributed by atoms with Crippen molar-refractivity contribution >= 4 is 5.95 Å². The van der Waals surface area contributed by atoms with Gasteiger partial charge in [0.05, 0.1) is 5.69 Å². The minimum atomic E-state index is -0.0155. The molecular weight excluding hydrogens is 238 g/mol. The molecule has 4 nitrogen and oxygen atoms in total. The number of aromatic nitrogens is 2. The summed E-state index contributed by atoms with van der Waals surface area (Å²) < 4.78 is 1.43. The first-order chi connectivity index (χ1) is 9.06. The molecule has 19 heavy (non-hydrogen) atoms. The number of nitrogens with two attached hydrogens (primary N) is 1. The van der Waals surface area contributed by atoms with Crippen LogP contribution in [0.15, 0.2) is 10.9 Å². The Hall–Kier alpha value is -1.32. The van der Waals surface area contributed by atoms with Crippen LogP contribution in [0.5, 0.6) is 0 Å². The first-order valence-corrected chi connectivity index (χ1v) is 7.40. The van der Waals surface area contributed by atoms with E-state index >= 15 is 0 Å². The lowest BCUT2D eigenvalue weighted by molar-refractivity contribution is -0.00728. The molecule has 0 atom stereocenters. The first kappa shape index (κ1) is 11.5. The van der Waals surface area contributed by atoms with E-state index in [0.29, 0.717) is 5.95 Å². The van der Waals surface area contributed by atoms with Gasteiger partial charge in [0.15, 0.2) is 0 Å². The van der Waals surface area contributed by atoms with Crippen molar-refractivity contribution in [2.45, 2.75) is 43.9 Å². The molecule has 0 radical (unpaired) electrons. The number of hydrogen-bond donors (Lipinski definition) is 1. The van der Waals surface area contributed by atoms with Crippen LogP contribution in [0.2, 0.25) is 0 Å². The summed E-state index contributed by atoms with van der Waals surface area (Å²) in [6.45, 7) is 0. The Morgan fingerprint density at radius 2 is 1.74 bits per heavy atom. The molecule has 0 aromatic carbocycles. The van der Waals surface area contributed by atoms with Gasteiger partial charge >= 0.3 is 0 Å². The highest BCUT2D eigenvalue weighted by Gasteiger charge is 2.52. The minimum absolute atomic E-state index is 0.0155. The fraction of sp³-hybridized carbons (Fsp3) is 0.733. The molecule has 4 aliphatic rings. The molecule has 1 aromatic rings. The molecule has 5 rings (SSSR count). The third-order valence-electron chi connectivity index (χ3n) is 5.75. The van der Waals surface area contributed by atoms with Crippen molar-refractivity contribution in [3.63, 3.8) is 0 Å². The van der Waals surface area contributed by atoms with Gasteiger partial charge in [0.25, 0.3) is 5.56 Å². The second kappa shape index (κ2) is 3.62. The highest BCUT2D eigenvalue weighted by Crippen LogP contribution is 2.60. The maximum absolute atomic E-state index is 12.0. The van der Waals surface area contributed by atoms with Gasteiger partial charge in [-0.1, -0.05) is 0 Å². The van der Waals surface area contributed by atoms with Crippen LogP contribution in [0.1, 0.15) is 44.2 Å². The highest BCUT2D eigenvalue weighted by atomic mass is 16.1. The molecule has 4 saturated carbocycles. The smallest absolute Gasteiger partial charge is 0.254 e. The molecule has 4 bridgehead atoms. The molecule has 0 saturated heterocycles. The molecule has 0 aliphatic heterocycles. The van der Waals surface area contributed by atoms with Crippen LogP contribution < -0.4 is 11.3 Å². The third kappa shape index (κ3) is 1.58. The Labute approximate surface area is 113 Å². The average molecular weight is 259 g/mol. The Morgan fingerprint density at radius 1 is 1.21 bits per heavy atom. The van der Waals surface area contributed by atoms with Crippen molar-refractivity contribution in [1.82, 2.24) is 9.55 Å². The fourth-order valence-electron chi connectivity index (χ4n) is 5.25. The van der Waals surface area contributed by atoms with Crippen LogP contribution in [0.3, 0.4) is 0 Å². The van der Waals surface area contributed by atoms with Gasteiger partial charge in [-0.2, -0.15) is 0 Å². The van der Waals surface area contributed by atoms with Crippen LogP contribution in [0.4, 0.5) is 5.95 Å². The van der Waals surface area contributed by atoms with Gasteiger partial charge in [0.2, 0.25) is 5.95 Å². The average Bonchev–Trinajstić information content (AvgIpc) is 2.33. The van der Waals surface area contributed by atoms with Crippen LogP contribution in [-0.4, -0.2) is 9.55 Å². The summed E-state index contributed by atoms with van der Waals surface area (Å²) in [5, 5.41) is 0. The predicted octanol–water partition coefficient (Wildman–Crippen LogP) is 1.83. The van der Waals surface area contributed by atoms with E-state index in [4.69, 9.17) is 5.73 Å². The quantitative estimate of drug-likeness (QED) is 0.837. The van der Waals surface area contributed by atoms with Crippen molar-refractivity contribution in [3.05, 3.63) is 22.1 Å². The molecule has 4 aliphatic carbocycles. The number of nitrogens with zero attached hydrogens (tertiary/aromatic N) is 2. The molecule has 0 amide bonds. The van der Waals surface area contributed by atoms with Crippen molar-refractivity contribution < 1.29 is 0 Å². The van der Waals surface area contributed by atoms with E-state index in [1.165, 1.54) is 43.1 Å². The van der Waals surface area contributed by atoms with Gasteiger partial charge in [0.1, 0.15) is 0 Å². The zero-order chi connectivity index (χ0) is 13.2. The monoisotopic (exact) mass is 259 g/mol. The second-order valence-corrected chi connectivity index (χ2v) is 7.09. The zero-order valence-electron chi connectivity index (χ0n) is 11.4. The van der Waals surface area contributed by atoms with Gasteiger partial charge < -0.3 is 5.73 Å². The van der Waals surface area contributed by atoms with Crippen LogP contribution >= 0.6 is 0 Å². The summed E-state index contributed by atoms with van der Waals surface area (Å²) in [6.07, 6.45) is 7.87. The molecule has 4 heteroatoms. The summed E-state index contributed by atoms with van der Waals surface area (Å²) >= 11 is 0. The summed E-state index contributed by atoms with van der Waals surface area (Å²) in [5.41, 5.74) is 7.02. The fourth-order valence-corrected chi connectivity index (χ4v) is 5.25. The SMILES string of the molecule is Cn1c(N)nc(C23CC4CC(CC(C4)C2)C3)cc1=O. The number of hydrogen-bond acceptors (Lipinski definition) is 3. The summed E-state index contributed by atoms with van der Waals surface area (Å²) in [4.78, 5) is 16.6. The lowest BCUT2D eigenvalue weighted by atomic mass is 9.49. The van der Waals surface area contributed by atoms with Gasteiger partial charge in [-0.05, 0) is 56.3 Å². The third-order valence-corrected chi connectivity index (χ3v) is 5.75. The lowest BCUT2D eigenvalue weighted by Crippen LogP contribution is -2.49. The topological polar surface area (TPSA) is 60.9 Å². The molecule has 1 heterocycles. The van der Waals surface area contributed by atoms with Gasteiger partial charge in [0, 0.05) is 18.5 Å². The molecule has 0 spiro atoms. The largest absolute Gasteiger partial charge is 0.369 e. The van der Waals surface area contributed by atoms with Crippen molar-refractivity contribution in [1.29, 1.82) is 0 Å². The van der Waals surface area contributed by atoms with E-state index in [2.05, 4.69) is 4.98 Å². The predicted molar refractivity (Wildman–Crippen MR) is 73.7 cm³/mol. The summed E-state index contributed by atoms with van der Waals surface area (Å²) in [6, 6.07) is 1.74. The van der Waals surface area contributed by atoms with Crippen LogP contribution in [0.25, 0.3) is 0 Å². The van der Waals surface area contributed by atoms with E-state index in [-0.39, 0.29) is 11.0 Å². The Kier molecular flexibility index (Phi) is 2.19. The molecule has 102 valence electrons. The first-order valence-electron chi connectivity index (χ1n) is 7.40. The molecule has 0 unspecified atom stereocenters. The van der Waals surface area contributed by atoms with E-state index in [1.807, 2.05) is 0 Å². The normalized spacial score (nSPS) is 39.7. The zero-order valence-corrected chi connectivity index (χ0v) is 11.4. The molecular formula is C15H21N3O. The van der Waals surface area contributed by atoms with Crippen LogP contribution in [0, 0.1) is 17.8 Å². The van der Waals surface area contributed by atoms with E-state index < -0.39 is 0 Å². The Balaban J connectivity index is 1.82. The lowest BCUT2D eigenvalue weighted by Gasteiger charge is -2.56. The number of anilines is 1. The maximum Gasteiger partial charge on any atom is 0.254 e. The minimum Gasteiger partial charge on any atom is -0.369 e. The summed E-state index contributed by atoms with van der Waals surface area (Å²) in [7, 11) is 1.69. The van der Waals surface area contributed by atoms with Gasteiger partial charge in [-0.15, -0.1) is 0 Å². The highest BCUT2D eigenvalue weighted by molar-refractivity contribution is 5.28.